The van der Waals surface area contributed by atoms with Crippen molar-refractivity contribution in [2.75, 3.05) is 20.2 Å². The number of hydrogen-bond donors (Lipinski definition) is 0. The molecule has 1 aromatic rings. The van der Waals surface area contributed by atoms with E-state index < -0.39 is 5.82 Å². The van der Waals surface area contributed by atoms with Crippen LogP contribution in [0, 0.1) is 11.7 Å². The maximum Gasteiger partial charge on any atom is 0.310 e. The van der Waals surface area contributed by atoms with Crippen molar-refractivity contribution in [1.29, 1.82) is 0 Å². The number of ether oxygens (including phenoxy) is 1. The Morgan fingerprint density at radius 3 is 3.11 bits per heavy atom. The van der Waals surface area contributed by atoms with E-state index in [1.165, 1.54) is 13.2 Å². The summed E-state index contributed by atoms with van der Waals surface area (Å²) in [6.07, 6.45) is 0.777. The fourth-order valence-corrected chi connectivity index (χ4v) is 2.43. The summed E-state index contributed by atoms with van der Waals surface area (Å²) in [6, 6.07) is 4.79. The topological polar surface area (TPSA) is 29.5 Å². The molecule has 1 aliphatic heterocycles. The van der Waals surface area contributed by atoms with Gasteiger partial charge in [0.1, 0.15) is 5.82 Å². The Hall–Kier alpha value is -1.13. The number of rotatable bonds is 3. The van der Waals surface area contributed by atoms with E-state index in [0.29, 0.717) is 13.1 Å². The Bertz CT molecular complexity index is 453. The molecule has 1 aromatic carbocycles. The summed E-state index contributed by atoms with van der Waals surface area (Å²) in [4.78, 5) is 13.5. The smallest absolute Gasteiger partial charge is 0.310 e. The maximum atomic E-state index is 13.3. The lowest BCUT2D eigenvalue weighted by Gasteiger charge is -2.16. The molecule has 1 saturated heterocycles. The second kappa shape index (κ2) is 5.67. The molecule has 0 amide bonds. The van der Waals surface area contributed by atoms with E-state index in [9.17, 15) is 9.18 Å². The first-order chi connectivity index (χ1) is 8.61. The number of carbonyl (C=O) groups excluding carboxylic acids is 1. The van der Waals surface area contributed by atoms with Crippen LogP contribution in [0.2, 0.25) is 5.02 Å². The summed E-state index contributed by atoms with van der Waals surface area (Å²) in [6.45, 7) is 2.00. The first-order valence-electron chi connectivity index (χ1n) is 5.85. The standard InChI is InChI=1S/C13H15ClFNO2/c1-18-13(17)10-5-6-16(8-10)7-9-3-2-4-11(15)12(9)14/h2-4,10H,5-8H2,1H3. The molecule has 0 N–H and O–H groups in total. The molecular weight excluding hydrogens is 257 g/mol. The first-order valence-corrected chi connectivity index (χ1v) is 6.22. The van der Waals surface area contributed by atoms with E-state index >= 15 is 0 Å². The number of methoxy groups -OCH3 is 1. The van der Waals surface area contributed by atoms with Gasteiger partial charge in [-0.05, 0) is 24.6 Å². The molecule has 98 valence electrons. The summed E-state index contributed by atoms with van der Waals surface area (Å²) >= 11 is 5.90. The number of halogens is 2. The zero-order valence-electron chi connectivity index (χ0n) is 10.2. The van der Waals surface area contributed by atoms with Crippen molar-refractivity contribution in [2.24, 2.45) is 5.92 Å². The Labute approximate surface area is 110 Å². The molecule has 0 aliphatic carbocycles. The number of carbonyl (C=O) groups is 1. The average Bonchev–Trinajstić information content (AvgIpc) is 2.82. The minimum absolute atomic E-state index is 0.0812. The lowest BCUT2D eigenvalue weighted by Crippen LogP contribution is -2.23. The molecule has 1 atom stereocenters. The largest absolute Gasteiger partial charge is 0.469 e. The highest BCUT2D eigenvalue weighted by molar-refractivity contribution is 6.31. The molecular formula is C13H15ClFNO2. The SMILES string of the molecule is COC(=O)C1CCN(Cc2cccc(F)c2Cl)C1. The van der Waals surface area contributed by atoms with E-state index in [4.69, 9.17) is 16.3 Å². The zero-order valence-corrected chi connectivity index (χ0v) is 10.9. The monoisotopic (exact) mass is 271 g/mol. The van der Waals surface area contributed by atoms with Gasteiger partial charge in [0.05, 0.1) is 18.1 Å². The molecule has 0 aromatic heterocycles. The third kappa shape index (κ3) is 2.82. The van der Waals surface area contributed by atoms with Crippen LogP contribution in [-0.4, -0.2) is 31.1 Å². The molecule has 0 bridgehead atoms. The van der Waals surface area contributed by atoms with E-state index in [-0.39, 0.29) is 16.9 Å². The summed E-state index contributed by atoms with van der Waals surface area (Å²) < 4.78 is 18.0. The van der Waals surface area contributed by atoms with Gasteiger partial charge in [0.25, 0.3) is 0 Å². The summed E-state index contributed by atoms with van der Waals surface area (Å²) in [5.74, 6) is -0.664. The van der Waals surface area contributed by atoms with Crippen molar-refractivity contribution in [3.05, 3.63) is 34.6 Å². The molecule has 18 heavy (non-hydrogen) atoms. The normalized spacial score (nSPS) is 20.1. The van der Waals surface area contributed by atoms with Crippen molar-refractivity contribution in [3.8, 4) is 0 Å². The maximum absolute atomic E-state index is 13.3. The van der Waals surface area contributed by atoms with Crippen molar-refractivity contribution in [3.63, 3.8) is 0 Å². The van der Waals surface area contributed by atoms with Crippen molar-refractivity contribution in [1.82, 2.24) is 4.90 Å². The van der Waals surface area contributed by atoms with Gasteiger partial charge in [0.15, 0.2) is 0 Å². The van der Waals surface area contributed by atoms with Crippen LogP contribution in [0.1, 0.15) is 12.0 Å². The van der Waals surface area contributed by atoms with Crippen molar-refractivity contribution < 1.29 is 13.9 Å². The van der Waals surface area contributed by atoms with Crippen LogP contribution < -0.4 is 0 Å². The highest BCUT2D eigenvalue weighted by Gasteiger charge is 2.29. The lowest BCUT2D eigenvalue weighted by molar-refractivity contribution is -0.144. The molecule has 0 spiro atoms. The average molecular weight is 272 g/mol. The molecule has 0 saturated carbocycles. The number of benzene rings is 1. The van der Waals surface area contributed by atoms with Crippen LogP contribution in [0.25, 0.3) is 0 Å². The molecule has 3 nitrogen and oxygen atoms in total. The van der Waals surface area contributed by atoms with Crippen LogP contribution >= 0.6 is 11.6 Å². The van der Waals surface area contributed by atoms with Crippen LogP contribution in [0.5, 0.6) is 0 Å². The Balaban J connectivity index is 1.99. The second-order valence-corrected chi connectivity index (χ2v) is 4.83. The van der Waals surface area contributed by atoms with Gasteiger partial charge in [0, 0.05) is 13.1 Å². The Kier molecular flexibility index (Phi) is 4.19. The van der Waals surface area contributed by atoms with Gasteiger partial charge in [-0.15, -0.1) is 0 Å². The molecule has 1 fully saturated rings. The first kappa shape index (κ1) is 13.3. The predicted octanol–water partition coefficient (Wildman–Crippen LogP) is 2.47. The van der Waals surface area contributed by atoms with Crippen LogP contribution in [0.15, 0.2) is 18.2 Å². The van der Waals surface area contributed by atoms with Crippen LogP contribution in [0.4, 0.5) is 4.39 Å². The summed E-state index contributed by atoms with van der Waals surface area (Å²) in [5.41, 5.74) is 0.752. The minimum atomic E-state index is -0.405. The van der Waals surface area contributed by atoms with Gasteiger partial charge in [0.2, 0.25) is 0 Å². The zero-order chi connectivity index (χ0) is 13.1. The minimum Gasteiger partial charge on any atom is -0.469 e. The number of likely N-dealkylation sites (tertiary alicyclic amines) is 1. The van der Waals surface area contributed by atoms with Crippen molar-refractivity contribution >= 4 is 17.6 Å². The van der Waals surface area contributed by atoms with Gasteiger partial charge >= 0.3 is 5.97 Å². The van der Waals surface area contributed by atoms with E-state index in [0.717, 1.165) is 18.5 Å². The molecule has 5 heteroatoms. The fraction of sp³-hybridized carbons (Fsp3) is 0.462. The van der Waals surface area contributed by atoms with E-state index in [2.05, 4.69) is 4.90 Å². The van der Waals surface area contributed by atoms with Crippen molar-refractivity contribution in [2.45, 2.75) is 13.0 Å². The molecule has 2 rings (SSSR count). The highest BCUT2D eigenvalue weighted by Crippen LogP contribution is 2.24. The van der Waals surface area contributed by atoms with E-state index in [1.807, 2.05) is 0 Å². The fourth-order valence-electron chi connectivity index (χ4n) is 2.25. The lowest BCUT2D eigenvalue weighted by atomic mass is 10.1. The molecule has 1 heterocycles. The van der Waals surface area contributed by atoms with Gasteiger partial charge in [-0.1, -0.05) is 23.7 Å². The van der Waals surface area contributed by atoms with Crippen LogP contribution in [-0.2, 0) is 16.1 Å². The number of esters is 1. The van der Waals surface area contributed by atoms with Gasteiger partial charge in [-0.25, -0.2) is 4.39 Å². The molecule has 1 unspecified atom stereocenters. The quantitative estimate of drug-likeness (QED) is 0.791. The third-order valence-corrected chi connectivity index (χ3v) is 3.66. The summed E-state index contributed by atoms with van der Waals surface area (Å²) in [5, 5.41) is 0.166. The van der Waals surface area contributed by atoms with Crippen LogP contribution in [0.3, 0.4) is 0 Å². The predicted molar refractivity (Wildman–Crippen MR) is 66.8 cm³/mol. The second-order valence-electron chi connectivity index (χ2n) is 4.46. The Morgan fingerprint density at radius 2 is 2.39 bits per heavy atom. The molecule has 0 radical (unpaired) electrons. The number of hydrogen-bond acceptors (Lipinski definition) is 3. The van der Waals surface area contributed by atoms with E-state index in [1.54, 1.807) is 12.1 Å². The molecule has 1 aliphatic rings. The van der Waals surface area contributed by atoms with Gasteiger partial charge < -0.3 is 4.74 Å². The van der Waals surface area contributed by atoms with Gasteiger partial charge in [-0.3, -0.25) is 9.69 Å². The highest BCUT2D eigenvalue weighted by atomic mass is 35.5. The number of nitrogens with zero attached hydrogens (tertiary/aromatic N) is 1. The Morgan fingerprint density at radius 1 is 1.61 bits per heavy atom. The third-order valence-electron chi connectivity index (χ3n) is 3.23. The van der Waals surface area contributed by atoms with Gasteiger partial charge in [-0.2, -0.15) is 0 Å². The summed E-state index contributed by atoms with van der Waals surface area (Å²) in [7, 11) is 1.40.